The molecule has 0 aliphatic rings. The summed E-state index contributed by atoms with van der Waals surface area (Å²) < 4.78 is 24.6. The van der Waals surface area contributed by atoms with Crippen LogP contribution < -0.4 is 0 Å². The Labute approximate surface area is 119 Å². The van der Waals surface area contributed by atoms with Crippen LogP contribution in [0.2, 0.25) is 0 Å². The van der Waals surface area contributed by atoms with E-state index in [0.29, 0.717) is 11.1 Å². The van der Waals surface area contributed by atoms with Gasteiger partial charge in [-0.15, -0.1) is 0 Å². The van der Waals surface area contributed by atoms with E-state index in [1.54, 1.807) is 54.6 Å². The monoisotopic (exact) mass is 288 g/mol. The lowest BCUT2D eigenvalue weighted by molar-refractivity contribution is 0.0991. The van der Waals surface area contributed by atoms with Crippen molar-refractivity contribution in [2.24, 2.45) is 0 Å². The van der Waals surface area contributed by atoms with Crippen LogP contribution in [0, 0.1) is 0 Å². The molecule has 1 unspecified atom stereocenters. The number of carbonyl (C=O) groups excluding carboxylic acids is 1. The molecule has 2 aromatic carbocycles. The van der Waals surface area contributed by atoms with Crippen LogP contribution in [0.5, 0.6) is 0 Å². The van der Waals surface area contributed by atoms with Gasteiger partial charge in [-0.2, -0.15) is 0 Å². The molecule has 0 heterocycles. The minimum Gasteiger partial charge on any atom is -0.293 e. The highest BCUT2D eigenvalue weighted by Gasteiger charge is 2.28. The normalized spacial score (nSPS) is 12.8. The molecule has 0 fully saturated rings. The predicted molar refractivity (Wildman–Crippen MR) is 79.3 cm³/mol. The molecule has 20 heavy (non-hydrogen) atoms. The summed E-state index contributed by atoms with van der Waals surface area (Å²) in [5.74, 6) is -0.477. The second kappa shape index (κ2) is 6.01. The topological polar surface area (TPSA) is 51.2 Å². The van der Waals surface area contributed by atoms with Crippen LogP contribution in [0.4, 0.5) is 0 Å². The Kier molecular flexibility index (Phi) is 4.35. The van der Waals surface area contributed by atoms with E-state index >= 15 is 0 Å². The summed E-state index contributed by atoms with van der Waals surface area (Å²) in [5, 5.41) is -1.04. The highest BCUT2D eigenvalue weighted by atomic mass is 32.2. The van der Waals surface area contributed by atoms with E-state index < -0.39 is 15.1 Å². The zero-order chi connectivity index (χ0) is 14.6. The second-order valence-electron chi connectivity index (χ2n) is 4.67. The molecular weight excluding hydrogens is 272 g/mol. The van der Waals surface area contributed by atoms with Gasteiger partial charge in [0.1, 0.15) is 5.25 Å². The average Bonchev–Trinajstić information content (AvgIpc) is 2.47. The number of Topliss-reactive ketones (excluding diaryl/α,β-unsaturated/α-hetero) is 1. The maximum Gasteiger partial charge on any atom is 0.180 e. The third-order valence-electron chi connectivity index (χ3n) is 3.18. The van der Waals surface area contributed by atoms with Crippen LogP contribution >= 0.6 is 0 Å². The maximum atomic E-state index is 12.3. The van der Waals surface area contributed by atoms with E-state index in [9.17, 15) is 13.2 Å². The lowest BCUT2D eigenvalue weighted by Gasteiger charge is -2.12. The summed E-state index contributed by atoms with van der Waals surface area (Å²) in [7, 11) is -3.51. The zero-order valence-electron chi connectivity index (χ0n) is 11.2. The van der Waals surface area contributed by atoms with E-state index in [4.69, 9.17) is 0 Å². The van der Waals surface area contributed by atoms with E-state index in [-0.39, 0.29) is 11.5 Å². The van der Waals surface area contributed by atoms with Gasteiger partial charge in [-0.3, -0.25) is 4.79 Å². The molecule has 0 bridgehead atoms. The molecule has 0 spiro atoms. The van der Waals surface area contributed by atoms with Crippen molar-refractivity contribution < 1.29 is 13.2 Å². The average molecular weight is 288 g/mol. The van der Waals surface area contributed by atoms with Crippen molar-refractivity contribution in [2.45, 2.75) is 17.9 Å². The quantitative estimate of drug-likeness (QED) is 0.795. The van der Waals surface area contributed by atoms with E-state index in [1.165, 1.54) is 6.92 Å². The molecule has 0 saturated heterocycles. The van der Waals surface area contributed by atoms with Gasteiger partial charge in [0.05, 0.1) is 5.75 Å². The molecular formula is C16H16O3S. The molecule has 0 N–H and O–H groups in total. The van der Waals surface area contributed by atoms with Gasteiger partial charge in [0.2, 0.25) is 0 Å². The van der Waals surface area contributed by atoms with Crippen LogP contribution in [0.1, 0.15) is 22.8 Å². The number of ketones is 1. The van der Waals surface area contributed by atoms with Crippen molar-refractivity contribution in [3.8, 4) is 0 Å². The van der Waals surface area contributed by atoms with Gasteiger partial charge in [-0.25, -0.2) is 8.42 Å². The number of carbonyl (C=O) groups is 1. The van der Waals surface area contributed by atoms with Crippen LogP contribution in [0.25, 0.3) is 0 Å². The lowest BCUT2D eigenvalue weighted by Crippen LogP contribution is -2.28. The third kappa shape index (κ3) is 3.33. The number of benzene rings is 2. The summed E-state index contributed by atoms with van der Waals surface area (Å²) in [6.45, 7) is 1.45. The molecule has 2 aromatic rings. The van der Waals surface area contributed by atoms with Crippen molar-refractivity contribution in [2.75, 3.05) is 0 Å². The van der Waals surface area contributed by atoms with Crippen molar-refractivity contribution in [1.82, 2.24) is 0 Å². The number of sulfone groups is 1. The molecule has 0 saturated carbocycles. The van der Waals surface area contributed by atoms with Gasteiger partial charge >= 0.3 is 0 Å². The Morgan fingerprint density at radius 1 is 0.950 bits per heavy atom. The second-order valence-corrected chi connectivity index (χ2v) is 6.99. The van der Waals surface area contributed by atoms with Crippen LogP contribution in [-0.2, 0) is 15.6 Å². The summed E-state index contributed by atoms with van der Waals surface area (Å²) in [6.07, 6.45) is 0. The largest absolute Gasteiger partial charge is 0.293 e. The van der Waals surface area contributed by atoms with Gasteiger partial charge in [0.15, 0.2) is 15.6 Å². The van der Waals surface area contributed by atoms with Gasteiger partial charge in [0, 0.05) is 5.56 Å². The standard InChI is InChI=1S/C16H16O3S/c1-13(16(17)15-10-6-3-7-11-15)20(18,19)12-14-8-4-2-5-9-14/h2-11,13H,12H2,1H3. The Morgan fingerprint density at radius 2 is 1.45 bits per heavy atom. The smallest absolute Gasteiger partial charge is 0.180 e. The molecule has 104 valence electrons. The first-order valence-electron chi connectivity index (χ1n) is 6.35. The van der Waals surface area contributed by atoms with Crippen molar-refractivity contribution in [3.63, 3.8) is 0 Å². The van der Waals surface area contributed by atoms with Crippen molar-refractivity contribution in [3.05, 3.63) is 71.8 Å². The molecule has 4 heteroatoms. The van der Waals surface area contributed by atoms with Gasteiger partial charge < -0.3 is 0 Å². The third-order valence-corrected chi connectivity index (χ3v) is 5.20. The number of hydrogen-bond acceptors (Lipinski definition) is 3. The lowest BCUT2D eigenvalue weighted by atomic mass is 10.1. The maximum absolute atomic E-state index is 12.3. The van der Waals surface area contributed by atoms with Gasteiger partial charge in [-0.1, -0.05) is 60.7 Å². The zero-order valence-corrected chi connectivity index (χ0v) is 12.0. The van der Waals surface area contributed by atoms with Crippen molar-refractivity contribution in [1.29, 1.82) is 0 Å². The molecule has 3 nitrogen and oxygen atoms in total. The summed E-state index contributed by atoms with van der Waals surface area (Å²) in [6, 6.07) is 17.4. The van der Waals surface area contributed by atoms with Crippen molar-refractivity contribution >= 4 is 15.6 Å². The highest BCUT2D eigenvalue weighted by Crippen LogP contribution is 2.15. The molecule has 1 atom stereocenters. The van der Waals surface area contributed by atoms with Crippen LogP contribution in [-0.4, -0.2) is 19.5 Å². The first kappa shape index (κ1) is 14.5. The summed E-state index contributed by atoms with van der Waals surface area (Å²) in [5.41, 5.74) is 1.12. The van der Waals surface area contributed by atoms with Crippen LogP contribution in [0.3, 0.4) is 0 Å². The molecule has 0 amide bonds. The Morgan fingerprint density at radius 3 is 2.00 bits per heavy atom. The molecule has 0 aromatic heterocycles. The minimum atomic E-state index is -3.51. The first-order chi connectivity index (χ1) is 9.50. The molecule has 0 aliphatic heterocycles. The minimum absolute atomic E-state index is 0.117. The van der Waals surface area contributed by atoms with E-state index in [0.717, 1.165) is 0 Å². The fraction of sp³-hybridized carbons (Fsp3) is 0.188. The predicted octanol–water partition coefficient (Wildman–Crippen LogP) is 2.87. The number of hydrogen-bond donors (Lipinski definition) is 0. The SMILES string of the molecule is CC(C(=O)c1ccccc1)S(=O)(=O)Cc1ccccc1. The Balaban J connectivity index is 2.19. The Bertz CT molecular complexity index is 676. The first-order valence-corrected chi connectivity index (χ1v) is 8.07. The molecule has 0 aliphatic carbocycles. The van der Waals surface area contributed by atoms with E-state index in [1.807, 2.05) is 6.07 Å². The van der Waals surface area contributed by atoms with Crippen LogP contribution in [0.15, 0.2) is 60.7 Å². The highest BCUT2D eigenvalue weighted by molar-refractivity contribution is 7.92. The molecule has 0 radical (unpaired) electrons. The summed E-state index contributed by atoms with van der Waals surface area (Å²) >= 11 is 0. The Hall–Kier alpha value is -1.94. The molecule has 2 rings (SSSR count). The summed E-state index contributed by atoms with van der Waals surface area (Å²) in [4.78, 5) is 12.2. The van der Waals surface area contributed by atoms with Gasteiger partial charge in [0.25, 0.3) is 0 Å². The fourth-order valence-electron chi connectivity index (χ4n) is 1.93. The number of rotatable bonds is 5. The fourth-order valence-corrected chi connectivity index (χ4v) is 3.30. The van der Waals surface area contributed by atoms with Gasteiger partial charge in [-0.05, 0) is 12.5 Å². The van der Waals surface area contributed by atoms with E-state index in [2.05, 4.69) is 0 Å².